The van der Waals surface area contributed by atoms with Gasteiger partial charge in [0.2, 0.25) is 5.91 Å². The van der Waals surface area contributed by atoms with Crippen LogP contribution in [0, 0.1) is 0 Å². The minimum absolute atomic E-state index is 0.145. The lowest BCUT2D eigenvalue weighted by Gasteiger charge is -2.33. The molecule has 1 saturated heterocycles. The van der Waals surface area contributed by atoms with Crippen molar-refractivity contribution in [2.75, 3.05) is 25.6 Å². The topological polar surface area (TPSA) is 66.8 Å². The smallest absolute Gasteiger partial charge is 0.334 e. The van der Waals surface area contributed by atoms with E-state index in [0.717, 1.165) is 0 Å². The van der Waals surface area contributed by atoms with Gasteiger partial charge in [-0.3, -0.25) is 4.79 Å². The molecule has 1 unspecified atom stereocenters. The Morgan fingerprint density at radius 2 is 2.27 bits per heavy atom. The van der Waals surface area contributed by atoms with Crippen LogP contribution in [0.4, 0.5) is 0 Å². The van der Waals surface area contributed by atoms with Gasteiger partial charge in [0.15, 0.2) is 5.54 Å². The highest BCUT2D eigenvalue weighted by atomic mass is 79.9. The molecular formula is C9H14BrNO4. The number of alkyl halides is 1. The average Bonchev–Trinajstić information content (AvgIpc) is 2.71. The normalized spacial score (nSPS) is 25.4. The molecule has 1 amide bonds. The van der Waals surface area contributed by atoms with Crippen LogP contribution in [0.15, 0.2) is 0 Å². The lowest BCUT2D eigenvalue weighted by molar-refractivity contribution is -0.161. The largest absolute Gasteiger partial charge is 0.467 e. The number of hydrogen-bond donors (Lipinski definition) is 1. The van der Waals surface area contributed by atoms with Gasteiger partial charge in [0, 0.05) is 6.54 Å². The number of likely N-dealkylation sites (tertiary alicyclic amines) is 1. The molecule has 1 N–H and O–H groups in total. The number of ether oxygens (including phenoxy) is 1. The van der Waals surface area contributed by atoms with E-state index < -0.39 is 18.1 Å². The lowest BCUT2D eigenvalue weighted by Crippen LogP contribution is -2.56. The van der Waals surface area contributed by atoms with Gasteiger partial charge in [-0.1, -0.05) is 15.9 Å². The molecule has 0 radical (unpaired) electrons. The molecule has 0 saturated carbocycles. The summed E-state index contributed by atoms with van der Waals surface area (Å²) in [7, 11) is 1.26. The Morgan fingerprint density at radius 3 is 2.73 bits per heavy atom. The van der Waals surface area contributed by atoms with Crippen molar-refractivity contribution in [3.05, 3.63) is 0 Å². The van der Waals surface area contributed by atoms with Gasteiger partial charge in [0.05, 0.1) is 19.0 Å². The molecule has 1 aliphatic rings. The molecule has 15 heavy (non-hydrogen) atoms. The molecule has 1 fully saturated rings. The molecule has 0 aromatic heterocycles. The molecule has 1 heterocycles. The number of amides is 1. The molecule has 1 aliphatic heterocycles. The van der Waals surface area contributed by atoms with Crippen LogP contribution in [0.3, 0.4) is 0 Å². The molecule has 0 aromatic rings. The summed E-state index contributed by atoms with van der Waals surface area (Å²) in [5, 5.41) is 9.47. The lowest BCUT2D eigenvalue weighted by atomic mass is 9.97. The number of carbonyl (C=O) groups excluding carboxylic acids is 2. The fourth-order valence-corrected chi connectivity index (χ4v) is 2.25. The van der Waals surface area contributed by atoms with Gasteiger partial charge in [-0.2, -0.15) is 0 Å². The number of aliphatic hydroxyl groups is 1. The van der Waals surface area contributed by atoms with Crippen LogP contribution in [-0.4, -0.2) is 53.0 Å². The highest BCUT2D eigenvalue weighted by Gasteiger charge is 2.50. The number of hydrogen-bond acceptors (Lipinski definition) is 4. The maximum atomic E-state index is 11.6. The van der Waals surface area contributed by atoms with Crippen molar-refractivity contribution in [2.24, 2.45) is 0 Å². The first-order chi connectivity index (χ1) is 7.12. The second-order valence-corrected chi connectivity index (χ2v) is 4.02. The van der Waals surface area contributed by atoms with Gasteiger partial charge < -0.3 is 14.7 Å². The number of aliphatic hydroxyl groups excluding tert-OH is 1. The van der Waals surface area contributed by atoms with Gasteiger partial charge in [0.25, 0.3) is 0 Å². The van der Waals surface area contributed by atoms with Crippen LogP contribution < -0.4 is 0 Å². The second kappa shape index (κ2) is 4.94. The first-order valence-electron chi connectivity index (χ1n) is 4.68. The van der Waals surface area contributed by atoms with Crippen LogP contribution in [0.25, 0.3) is 0 Å². The first-order valence-corrected chi connectivity index (χ1v) is 5.80. The maximum Gasteiger partial charge on any atom is 0.334 e. The highest BCUT2D eigenvalue weighted by Crippen LogP contribution is 2.30. The van der Waals surface area contributed by atoms with Crippen molar-refractivity contribution < 1.29 is 19.4 Å². The molecule has 0 aliphatic carbocycles. The predicted molar refractivity (Wildman–Crippen MR) is 56.6 cm³/mol. The van der Waals surface area contributed by atoms with Crippen molar-refractivity contribution in [3.8, 4) is 0 Å². The summed E-state index contributed by atoms with van der Waals surface area (Å²) in [5.74, 6) is -0.747. The number of halogens is 1. The Labute approximate surface area is 96.5 Å². The van der Waals surface area contributed by atoms with E-state index in [4.69, 9.17) is 0 Å². The van der Waals surface area contributed by atoms with Crippen LogP contribution >= 0.6 is 15.9 Å². The first kappa shape index (κ1) is 12.4. The van der Waals surface area contributed by atoms with Gasteiger partial charge in [-0.05, 0) is 12.8 Å². The fraction of sp³-hybridized carbons (Fsp3) is 0.778. The summed E-state index contributed by atoms with van der Waals surface area (Å²) in [6, 6.07) is 0. The van der Waals surface area contributed by atoms with Crippen LogP contribution in [0.2, 0.25) is 0 Å². The van der Waals surface area contributed by atoms with Gasteiger partial charge >= 0.3 is 5.97 Å². The van der Waals surface area contributed by atoms with Crippen LogP contribution in [0.5, 0.6) is 0 Å². The van der Waals surface area contributed by atoms with Crippen molar-refractivity contribution >= 4 is 27.8 Å². The van der Waals surface area contributed by atoms with Crippen molar-refractivity contribution in [1.82, 2.24) is 4.90 Å². The Balaban J connectivity index is 2.96. The molecule has 86 valence electrons. The van der Waals surface area contributed by atoms with Crippen LogP contribution in [-0.2, 0) is 14.3 Å². The van der Waals surface area contributed by atoms with Gasteiger partial charge in [-0.15, -0.1) is 0 Å². The maximum absolute atomic E-state index is 11.6. The number of nitrogens with zero attached hydrogens (tertiary/aromatic N) is 1. The highest BCUT2D eigenvalue weighted by molar-refractivity contribution is 9.09. The third-order valence-electron chi connectivity index (χ3n) is 2.73. The van der Waals surface area contributed by atoms with Crippen molar-refractivity contribution in [2.45, 2.75) is 18.4 Å². The quantitative estimate of drug-likeness (QED) is 0.579. The Hall–Kier alpha value is -0.620. The second-order valence-electron chi connectivity index (χ2n) is 3.46. The fourth-order valence-electron chi connectivity index (χ4n) is 1.95. The monoisotopic (exact) mass is 279 g/mol. The number of carbonyl (C=O) groups is 2. The Bertz CT molecular complexity index is 271. The van der Waals surface area contributed by atoms with E-state index in [9.17, 15) is 14.7 Å². The van der Waals surface area contributed by atoms with E-state index in [1.165, 1.54) is 12.0 Å². The molecule has 0 bridgehead atoms. The minimum atomic E-state index is -1.17. The molecular weight excluding hydrogens is 266 g/mol. The van der Waals surface area contributed by atoms with Crippen LogP contribution in [0.1, 0.15) is 12.8 Å². The zero-order valence-corrected chi connectivity index (χ0v) is 10.1. The summed E-state index contributed by atoms with van der Waals surface area (Å²) in [6.07, 6.45) is 1.16. The minimum Gasteiger partial charge on any atom is -0.467 e. The summed E-state index contributed by atoms with van der Waals surface area (Å²) >= 11 is 3.05. The molecule has 0 spiro atoms. The van der Waals surface area contributed by atoms with Crippen molar-refractivity contribution in [3.63, 3.8) is 0 Å². The third-order valence-corrected chi connectivity index (χ3v) is 3.21. The molecule has 1 atom stereocenters. The zero-order chi connectivity index (χ0) is 11.5. The molecule has 5 nitrogen and oxygen atoms in total. The number of rotatable bonds is 3. The van der Waals surface area contributed by atoms with E-state index in [-0.39, 0.29) is 11.2 Å². The molecule has 6 heteroatoms. The van der Waals surface area contributed by atoms with E-state index >= 15 is 0 Å². The van der Waals surface area contributed by atoms with Gasteiger partial charge in [0.1, 0.15) is 0 Å². The summed E-state index contributed by atoms with van der Waals surface area (Å²) in [4.78, 5) is 24.6. The zero-order valence-electron chi connectivity index (χ0n) is 8.53. The van der Waals surface area contributed by atoms with E-state index in [1.54, 1.807) is 0 Å². The van der Waals surface area contributed by atoms with E-state index in [1.807, 2.05) is 0 Å². The number of esters is 1. The predicted octanol–water partition coefficient (Wildman–Crippen LogP) is -0.0922. The summed E-state index contributed by atoms with van der Waals surface area (Å²) in [5.41, 5.74) is -1.17. The summed E-state index contributed by atoms with van der Waals surface area (Å²) in [6.45, 7) is 0.0957. The average molecular weight is 280 g/mol. The standard InChI is InChI=1S/C9H14BrNO4/c1-15-8(14)9(6-12)3-2-4-11(9)7(13)5-10/h12H,2-6H2,1H3. The van der Waals surface area contributed by atoms with E-state index in [0.29, 0.717) is 19.4 Å². The molecule has 0 aromatic carbocycles. The number of methoxy groups -OCH3 is 1. The Kier molecular flexibility index (Phi) is 4.10. The molecule has 1 rings (SSSR count). The summed E-state index contributed by atoms with van der Waals surface area (Å²) < 4.78 is 4.65. The van der Waals surface area contributed by atoms with Crippen molar-refractivity contribution in [1.29, 1.82) is 0 Å². The Morgan fingerprint density at radius 1 is 1.60 bits per heavy atom. The van der Waals surface area contributed by atoms with E-state index in [2.05, 4.69) is 20.7 Å². The SMILES string of the molecule is COC(=O)C1(CO)CCCN1C(=O)CBr. The third kappa shape index (κ3) is 2.01. The van der Waals surface area contributed by atoms with Gasteiger partial charge in [-0.25, -0.2) is 4.79 Å².